The van der Waals surface area contributed by atoms with E-state index in [9.17, 15) is 0 Å². The molecule has 0 amide bonds. The maximum Gasteiger partial charge on any atom is 0 e. The van der Waals surface area contributed by atoms with Gasteiger partial charge in [-0.1, -0.05) is 121 Å². The van der Waals surface area contributed by atoms with E-state index in [0.29, 0.717) is 0 Å². The van der Waals surface area contributed by atoms with Gasteiger partial charge < -0.3 is 12.4 Å². The summed E-state index contributed by atoms with van der Waals surface area (Å²) < 4.78 is 0. The fourth-order valence-electron chi connectivity index (χ4n) is 3.79. The number of hydrogen-bond donors (Lipinski definition) is 0. The Kier molecular flexibility index (Phi) is 12.4. The SMILES string of the molecule is [Cl-].[Pd].c1ccc(P(CCCCP(c2ccccc2)c2ccccc2)c2ccccc2)cc1. The Bertz CT molecular complexity index is 835. The van der Waals surface area contributed by atoms with Crippen LogP contribution in [0.1, 0.15) is 12.8 Å². The van der Waals surface area contributed by atoms with E-state index in [2.05, 4.69) is 121 Å². The van der Waals surface area contributed by atoms with Crippen LogP contribution in [0, 0.1) is 0 Å². The van der Waals surface area contributed by atoms with Crippen LogP contribution in [-0.2, 0) is 20.4 Å². The summed E-state index contributed by atoms with van der Waals surface area (Å²) in [6.45, 7) is 0. The first-order valence-corrected chi connectivity index (χ1v) is 13.7. The molecule has 0 aromatic heterocycles. The third-order valence-electron chi connectivity index (χ3n) is 5.28. The molecular formula is C28H28ClP2Pd-. The molecule has 0 nitrogen and oxygen atoms in total. The molecule has 0 radical (unpaired) electrons. The minimum atomic E-state index is -0.283. The monoisotopic (exact) mass is 567 g/mol. The van der Waals surface area contributed by atoms with Gasteiger partial charge in [-0.15, -0.1) is 0 Å². The molecule has 4 aromatic carbocycles. The normalized spacial score (nSPS) is 10.4. The molecule has 0 N–H and O–H groups in total. The Hall–Kier alpha value is -1.31. The van der Waals surface area contributed by atoms with Crippen LogP contribution in [0.2, 0.25) is 0 Å². The third-order valence-corrected chi connectivity index (χ3v) is 10.5. The summed E-state index contributed by atoms with van der Waals surface area (Å²) in [5, 5.41) is 5.97. The van der Waals surface area contributed by atoms with Gasteiger partial charge in [0.15, 0.2) is 0 Å². The van der Waals surface area contributed by atoms with Crippen molar-refractivity contribution in [2.75, 3.05) is 12.3 Å². The van der Waals surface area contributed by atoms with Gasteiger partial charge in [-0.25, -0.2) is 0 Å². The maximum atomic E-state index is 2.31. The van der Waals surface area contributed by atoms with Crippen molar-refractivity contribution >= 4 is 37.1 Å². The van der Waals surface area contributed by atoms with Crippen molar-refractivity contribution in [3.8, 4) is 0 Å². The van der Waals surface area contributed by atoms with Gasteiger partial charge in [0.1, 0.15) is 0 Å². The Morgan fingerprint density at radius 1 is 0.375 bits per heavy atom. The number of halogens is 1. The molecule has 0 fully saturated rings. The van der Waals surface area contributed by atoms with Gasteiger partial charge in [0.25, 0.3) is 0 Å². The topological polar surface area (TPSA) is 0 Å². The average Bonchev–Trinajstić information content (AvgIpc) is 2.84. The van der Waals surface area contributed by atoms with Crippen LogP contribution in [-0.4, -0.2) is 12.3 Å². The molecule has 0 atom stereocenters. The molecule has 0 aliphatic carbocycles. The first-order valence-electron chi connectivity index (χ1n) is 10.7. The fourth-order valence-corrected chi connectivity index (χ4v) is 8.62. The Morgan fingerprint density at radius 2 is 0.594 bits per heavy atom. The predicted octanol–water partition coefficient (Wildman–Crippen LogP) is 3.03. The molecule has 0 saturated carbocycles. The molecule has 0 saturated heterocycles. The van der Waals surface area contributed by atoms with Gasteiger partial charge in [0.05, 0.1) is 0 Å². The molecule has 168 valence electrons. The van der Waals surface area contributed by atoms with Crippen molar-refractivity contribution < 1.29 is 32.8 Å². The smallest absolute Gasteiger partial charge is 0 e. The summed E-state index contributed by atoms with van der Waals surface area (Å²) in [6.07, 6.45) is 5.06. The minimum absolute atomic E-state index is 0. The van der Waals surface area contributed by atoms with Gasteiger partial charge in [0.2, 0.25) is 0 Å². The van der Waals surface area contributed by atoms with E-state index in [1.165, 1.54) is 46.4 Å². The van der Waals surface area contributed by atoms with E-state index < -0.39 is 0 Å². The van der Waals surface area contributed by atoms with Crippen LogP contribution in [0.25, 0.3) is 0 Å². The summed E-state index contributed by atoms with van der Waals surface area (Å²) >= 11 is 0. The summed E-state index contributed by atoms with van der Waals surface area (Å²) in [7, 11) is -0.566. The second-order valence-corrected chi connectivity index (χ2v) is 12.0. The standard InChI is InChI=1S/C28H28P2.ClH.Pd/c1-5-15-25(16-6-1)29(26-17-7-2-8-18-26)23-13-14-24-30(27-19-9-3-10-20-27)28-21-11-4-12-22-28;;/h1-12,15-22H,13-14,23-24H2;1H;/p-1. The Balaban J connectivity index is 0.00000181. The second kappa shape index (κ2) is 14.8. The zero-order chi connectivity index (χ0) is 20.4. The molecule has 0 aliphatic heterocycles. The second-order valence-electron chi connectivity index (χ2n) is 7.35. The van der Waals surface area contributed by atoms with Gasteiger partial charge in [-0.3, -0.25) is 0 Å². The van der Waals surface area contributed by atoms with Crippen molar-refractivity contribution in [3.05, 3.63) is 121 Å². The van der Waals surface area contributed by atoms with E-state index in [1.54, 1.807) is 0 Å². The predicted molar refractivity (Wildman–Crippen MR) is 137 cm³/mol. The summed E-state index contributed by atoms with van der Waals surface area (Å²) in [4.78, 5) is 0. The molecule has 0 heterocycles. The molecule has 0 spiro atoms. The van der Waals surface area contributed by atoms with Crippen LogP contribution in [0.3, 0.4) is 0 Å². The molecule has 0 aliphatic rings. The van der Waals surface area contributed by atoms with Crippen LogP contribution < -0.4 is 33.6 Å². The van der Waals surface area contributed by atoms with Crippen molar-refractivity contribution in [2.45, 2.75) is 12.8 Å². The van der Waals surface area contributed by atoms with Crippen molar-refractivity contribution in [1.29, 1.82) is 0 Å². The van der Waals surface area contributed by atoms with Crippen LogP contribution in [0.15, 0.2) is 121 Å². The largest absolute Gasteiger partial charge is 1.00 e. The van der Waals surface area contributed by atoms with Crippen LogP contribution >= 0.6 is 15.8 Å². The van der Waals surface area contributed by atoms with Crippen molar-refractivity contribution in [2.24, 2.45) is 0 Å². The van der Waals surface area contributed by atoms with E-state index in [4.69, 9.17) is 0 Å². The van der Waals surface area contributed by atoms with Gasteiger partial charge >= 0.3 is 0 Å². The molecule has 0 bridgehead atoms. The molecule has 4 heteroatoms. The zero-order valence-electron chi connectivity index (χ0n) is 18.0. The fraction of sp³-hybridized carbons (Fsp3) is 0.143. The van der Waals surface area contributed by atoms with Crippen LogP contribution in [0.5, 0.6) is 0 Å². The van der Waals surface area contributed by atoms with Gasteiger partial charge in [-0.05, 0) is 62.2 Å². The van der Waals surface area contributed by atoms with Crippen LogP contribution in [0.4, 0.5) is 0 Å². The van der Waals surface area contributed by atoms with E-state index in [1.807, 2.05) is 0 Å². The average molecular weight is 568 g/mol. The summed E-state index contributed by atoms with van der Waals surface area (Å²) in [5.41, 5.74) is 0. The van der Waals surface area contributed by atoms with Gasteiger partial charge in [-0.2, -0.15) is 0 Å². The molecule has 4 aromatic rings. The quantitative estimate of drug-likeness (QED) is 0.166. The number of rotatable bonds is 9. The summed E-state index contributed by atoms with van der Waals surface area (Å²) in [5.74, 6) is 0. The minimum Gasteiger partial charge on any atom is -1.00 e. The third kappa shape index (κ3) is 7.63. The van der Waals surface area contributed by atoms with Crippen molar-refractivity contribution in [3.63, 3.8) is 0 Å². The van der Waals surface area contributed by atoms with Gasteiger partial charge in [0, 0.05) is 20.4 Å². The molecular weight excluding hydrogens is 540 g/mol. The van der Waals surface area contributed by atoms with Crippen molar-refractivity contribution in [1.82, 2.24) is 0 Å². The Morgan fingerprint density at radius 3 is 0.812 bits per heavy atom. The van der Waals surface area contributed by atoms with E-state index >= 15 is 0 Å². The number of unbranched alkanes of at least 4 members (excludes halogenated alkanes) is 1. The first kappa shape index (κ1) is 26.9. The van der Waals surface area contributed by atoms with E-state index in [0.717, 1.165) is 0 Å². The number of hydrogen-bond acceptors (Lipinski definition) is 0. The molecule has 32 heavy (non-hydrogen) atoms. The number of benzene rings is 4. The summed E-state index contributed by atoms with van der Waals surface area (Å²) in [6, 6.07) is 44.3. The van der Waals surface area contributed by atoms with E-state index in [-0.39, 0.29) is 48.7 Å². The molecule has 0 unspecified atom stereocenters. The first-order chi connectivity index (χ1) is 14.9. The molecule has 4 rings (SSSR count). The Labute approximate surface area is 215 Å². The maximum absolute atomic E-state index is 2.31. The zero-order valence-corrected chi connectivity index (χ0v) is 22.1.